The predicted octanol–water partition coefficient (Wildman–Crippen LogP) is 3.72. The van der Waals surface area contributed by atoms with Crippen LogP contribution in [0.2, 0.25) is 0 Å². The van der Waals surface area contributed by atoms with Gasteiger partial charge in [0.15, 0.2) is 11.5 Å². The topological polar surface area (TPSA) is 96.3 Å². The molecular weight excluding hydrogens is 356 g/mol. The average molecular weight is 372 g/mol. The van der Waals surface area contributed by atoms with Crippen molar-refractivity contribution >= 4 is 23.1 Å². The molecule has 138 valence electrons. The van der Waals surface area contributed by atoms with Gasteiger partial charge in [0.2, 0.25) is 0 Å². The number of carbonyl (C=O) groups excluding carboxylic acids is 1. The molecule has 0 fully saturated rings. The molecule has 3 aromatic rings. The van der Waals surface area contributed by atoms with Crippen LogP contribution in [0.5, 0.6) is 11.5 Å². The van der Waals surface area contributed by atoms with Gasteiger partial charge in [0.1, 0.15) is 19.0 Å². The summed E-state index contributed by atoms with van der Waals surface area (Å²) in [7, 11) is 0. The Kier molecular flexibility index (Phi) is 4.76. The number of rotatable bonds is 4. The van der Waals surface area contributed by atoms with Crippen LogP contribution in [0.4, 0.5) is 17.2 Å². The second-order valence-electron chi connectivity index (χ2n) is 6.06. The first kappa shape index (κ1) is 17.4. The van der Waals surface area contributed by atoms with Crippen LogP contribution in [-0.4, -0.2) is 24.1 Å². The normalized spacial score (nSPS) is 12.0. The summed E-state index contributed by atoms with van der Waals surface area (Å²) in [6.45, 7) is 1.01. The van der Waals surface area contributed by atoms with Gasteiger partial charge >= 0.3 is 0 Å². The fraction of sp³-hybridized carbons (Fsp3) is 0.0952. The van der Waals surface area contributed by atoms with Crippen LogP contribution in [0.15, 0.2) is 60.8 Å². The summed E-state index contributed by atoms with van der Waals surface area (Å²) < 4.78 is 11.0. The van der Waals surface area contributed by atoms with Crippen LogP contribution in [0.25, 0.3) is 0 Å². The Hall–Kier alpha value is -4.05. The van der Waals surface area contributed by atoms with Crippen molar-refractivity contribution in [2.45, 2.75) is 0 Å². The van der Waals surface area contributed by atoms with Crippen molar-refractivity contribution in [1.29, 1.82) is 5.26 Å². The smallest absolute Gasteiger partial charge is 0.257 e. The molecule has 2 aromatic carbocycles. The molecule has 0 radical (unpaired) electrons. The van der Waals surface area contributed by atoms with Crippen molar-refractivity contribution in [1.82, 2.24) is 4.98 Å². The highest BCUT2D eigenvalue weighted by Gasteiger charge is 2.13. The number of aromatic nitrogens is 1. The molecule has 0 saturated carbocycles. The molecule has 0 atom stereocenters. The van der Waals surface area contributed by atoms with Crippen LogP contribution >= 0.6 is 0 Å². The number of benzene rings is 2. The van der Waals surface area contributed by atoms with E-state index in [-0.39, 0.29) is 5.91 Å². The summed E-state index contributed by atoms with van der Waals surface area (Å²) in [6.07, 6.45) is 1.49. The van der Waals surface area contributed by atoms with Gasteiger partial charge in [-0.3, -0.25) is 4.79 Å². The Bertz CT molecular complexity index is 1060. The molecule has 7 nitrogen and oxygen atoms in total. The largest absolute Gasteiger partial charge is 0.486 e. The first-order valence-electron chi connectivity index (χ1n) is 8.65. The van der Waals surface area contributed by atoms with Crippen LogP contribution in [-0.2, 0) is 0 Å². The Morgan fingerprint density at radius 3 is 2.64 bits per heavy atom. The number of anilines is 3. The minimum atomic E-state index is -0.276. The molecule has 1 aliphatic rings. The van der Waals surface area contributed by atoms with Gasteiger partial charge in [-0.15, -0.1) is 0 Å². The van der Waals surface area contributed by atoms with E-state index in [1.54, 1.807) is 48.5 Å². The lowest BCUT2D eigenvalue weighted by atomic mass is 10.2. The summed E-state index contributed by atoms with van der Waals surface area (Å²) in [4.78, 5) is 16.7. The maximum Gasteiger partial charge on any atom is 0.257 e. The number of fused-ring (bicyclic) bond motifs is 1. The number of hydrogen-bond acceptors (Lipinski definition) is 6. The van der Waals surface area contributed by atoms with E-state index in [0.29, 0.717) is 47.3 Å². The van der Waals surface area contributed by atoms with Crippen LogP contribution < -0.4 is 20.1 Å². The van der Waals surface area contributed by atoms with Crippen LogP contribution in [0, 0.1) is 11.3 Å². The number of nitrogens with one attached hydrogen (secondary N) is 2. The zero-order chi connectivity index (χ0) is 19.3. The van der Waals surface area contributed by atoms with Crippen LogP contribution in [0.3, 0.4) is 0 Å². The Morgan fingerprint density at radius 1 is 1.00 bits per heavy atom. The number of amides is 1. The fourth-order valence-electron chi connectivity index (χ4n) is 2.74. The van der Waals surface area contributed by atoms with Crippen molar-refractivity contribution in [2.24, 2.45) is 0 Å². The van der Waals surface area contributed by atoms with Gasteiger partial charge in [-0.2, -0.15) is 5.26 Å². The van der Waals surface area contributed by atoms with Gasteiger partial charge in [-0.1, -0.05) is 6.07 Å². The fourth-order valence-corrected chi connectivity index (χ4v) is 2.74. The highest BCUT2D eigenvalue weighted by molar-refractivity contribution is 6.04. The van der Waals surface area contributed by atoms with Crippen molar-refractivity contribution in [3.63, 3.8) is 0 Å². The van der Waals surface area contributed by atoms with E-state index < -0.39 is 0 Å². The molecule has 28 heavy (non-hydrogen) atoms. The van der Waals surface area contributed by atoms with Crippen molar-refractivity contribution in [2.75, 3.05) is 23.8 Å². The Labute approximate surface area is 161 Å². The monoisotopic (exact) mass is 372 g/mol. The summed E-state index contributed by atoms with van der Waals surface area (Å²) in [6, 6.07) is 17.8. The van der Waals surface area contributed by atoms with Gasteiger partial charge in [-0.25, -0.2) is 4.98 Å². The maximum atomic E-state index is 12.5. The lowest BCUT2D eigenvalue weighted by Crippen LogP contribution is -2.16. The number of pyridine rings is 1. The first-order valence-corrected chi connectivity index (χ1v) is 8.65. The Balaban J connectivity index is 1.43. The quantitative estimate of drug-likeness (QED) is 0.725. The molecule has 0 spiro atoms. The van der Waals surface area contributed by atoms with Crippen molar-refractivity contribution < 1.29 is 14.3 Å². The molecule has 1 aliphatic heterocycles. The third-order valence-electron chi connectivity index (χ3n) is 4.09. The van der Waals surface area contributed by atoms with E-state index in [1.807, 2.05) is 6.07 Å². The van der Waals surface area contributed by atoms with Gasteiger partial charge < -0.3 is 20.1 Å². The van der Waals surface area contributed by atoms with E-state index >= 15 is 0 Å². The number of nitriles is 1. The zero-order valence-corrected chi connectivity index (χ0v) is 14.8. The number of hydrogen-bond donors (Lipinski definition) is 2. The first-order chi connectivity index (χ1) is 13.7. The molecule has 1 aromatic heterocycles. The second kappa shape index (κ2) is 7.68. The van der Waals surface area contributed by atoms with E-state index in [2.05, 4.69) is 21.7 Å². The third-order valence-corrected chi connectivity index (χ3v) is 4.09. The average Bonchev–Trinajstić information content (AvgIpc) is 2.74. The second-order valence-corrected chi connectivity index (χ2v) is 6.06. The lowest BCUT2D eigenvalue weighted by molar-refractivity contribution is 0.102. The van der Waals surface area contributed by atoms with Crippen LogP contribution in [0.1, 0.15) is 15.9 Å². The maximum absolute atomic E-state index is 12.5. The van der Waals surface area contributed by atoms with Gasteiger partial charge in [-0.05, 0) is 42.5 Å². The number of ether oxygens (including phenoxy) is 2. The predicted molar refractivity (Wildman–Crippen MR) is 104 cm³/mol. The molecule has 0 unspecified atom stereocenters. The molecule has 2 N–H and O–H groups in total. The molecule has 1 amide bonds. The standard InChI is InChI=1S/C21H16N4O3/c22-12-14-2-1-3-16(10-14)24-20-7-4-15(13-23-20)21(26)25-17-5-6-18-19(11-17)28-9-8-27-18/h1-7,10-11,13H,8-9H2,(H,23,24)(H,25,26). The molecule has 7 heteroatoms. The van der Waals surface area contributed by atoms with Gasteiger partial charge in [0.25, 0.3) is 5.91 Å². The van der Waals surface area contributed by atoms with E-state index in [4.69, 9.17) is 14.7 Å². The molecule has 2 heterocycles. The molecular formula is C21H16N4O3. The van der Waals surface area contributed by atoms with Gasteiger partial charge in [0.05, 0.1) is 17.2 Å². The lowest BCUT2D eigenvalue weighted by Gasteiger charge is -2.19. The van der Waals surface area contributed by atoms with E-state index in [0.717, 1.165) is 5.69 Å². The number of nitrogens with zero attached hydrogens (tertiary/aromatic N) is 2. The zero-order valence-electron chi connectivity index (χ0n) is 14.8. The molecule has 0 bridgehead atoms. The highest BCUT2D eigenvalue weighted by atomic mass is 16.6. The number of carbonyl (C=O) groups is 1. The highest BCUT2D eigenvalue weighted by Crippen LogP contribution is 2.32. The summed E-state index contributed by atoms with van der Waals surface area (Å²) in [5.74, 6) is 1.58. The van der Waals surface area contributed by atoms with Gasteiger partial charge in [0, 0.05) is 23.6 Å². The summed E-state index contributed by atoms with van der Waals surface area (Å²) in [5, 5.41) is 14.9. The molecule has 0 aliphatic carbocycles. The SMILES string of the molecule is N#Cc1cccc(Nc2ccc(C(=O)Nc3ccc4c(c3)OCCO4)cn2)c1. The van der Waals surface area contributed by atoms with Crippen molar-refractivity contribution in [3.8, 4) is 17.6 Å². The molecule has 4 rings (SSSR count). The summed E-state index contributed by atoms with van der Waals surface area (Å²) in [5.41, 5.74) is 2.34. The minimum Gasteiger partial charge on any atom is -0.486 e. The Morgan fingerprint density at radius 2 is 1.86 bits per heavy atom. The van der Waals surface area contributed by atoms with Crippen molar-refractivity contribution in [3.05, 3.63) is 71.9 Å². The summed E-state index contributed by atoms with van der Waals surface area (Å²) >= 11 is 0. The van der Waals surface area contributed by atoms with E-state index in [1.165, 1.54) is 6.20 Å². The minimum absolute atomic E-state index is 0.276. The van der Waals surface area contributed by atoms with E-state index in [9.17, 15) is 4.79 Å². The molecule has 0 saturated heterocycles. The third kappa shape index (κ3) is 3.86.